The zero-order valence-electron chi connectivity index (χ0n) is 11.6. The van der Waals surface area contributed by atoms with Crippen molar-refractivity contribution in [2.24, 2.45) is 11.1 Å². The lowest BCUT2D eigenvalue weighted by Crippen LogP contribution is -2.30. The molecule has 7 heteroatoms. The summed E-state index contributed by atoms with van der Waals surface area (Å²) >= 11 is 6.16. The summed E-state index contributed by atoms with van der Waals surface area (Å²) in [5.74, 6) is 0. The number of nitrogens with two attached hydrogens (primary N) is 1. The van der Waals surface area contributed by atoms with Crippen LogP contribution in [0.5, 0.6) is 0 Å². The molecule has 108 valence electrons. The topological polar surface area (TPSA) is 83.0 Å². The van der Waals surface area contributed by atoms with Gasteiger partial charge >= 0.3 is 6.09 Å². The number of carbonyl (C=O) groups excluding carboxylic acids is 1. The molecule has 2 heterocycles. The molecule has 0 saturated carbocycles. The summed E-state index contributed by atoms with van der Waals surface area (Å²) in [6.45, 7) is 6.30. The number of hydrogen-bond donors (Lipinski definition) is 1. The van der Waals surface area contributed by atoms with E-state index in [0.29, 0.717) is 5.15 Å². The largest absolute Gasteiger partial charge is 0.447 e. The Balaban J connectivity index is 2.48. The van der Waals surface area contributed by atoms with Crippen LogP contribution in [0.4, 0.5) is 4.79 Å². The molecule has 0 aliphatic heterocycles. The number of aromatic nitrogens is 3. The number of fused-ring (bicyclic) bond motifs is 1. The minimum atomic E-state index is -0.793. The van der Waals surface area contributed by atoms with Gasteiger partial charge in [0.25, 0.3) is 0 Å². The van der Waals surface area contributed by atoms with Gasteiger partial charge in [-0.15, -0.1) is 0 Å². The van der Waals surface area contributed by atoms with Crippen LogP contribution in [0.1, 0.15) is 26.8 Å². The Morgan fingerprint density at radius 1 is 1.50 bits per heavy atom. The molecule has 0 bridgehead atoms. The monoisotopic (exact) mass is 296 g/mol. The average Bonchev–Trinajstić information content (AvgIpc) is 2.72. The zero-order valence-corrected chi connectivity index (χ0v) is 12.4. The highest BCUT2D eigenvalue weighted by molar-refractivity contribution is 6.33. The summed E-state index contributed by atoms with van der Waals surface area (Å²) in [5, 5.41) is 0.369. The Kier molecular flexibility index (Phi) is 3.85. The van der Waals surface area contributed by atoms with Crippen LogP contribution in [0.3, 0.4) is 0 Å². The summed E-state index contributed by atoms with van der Waals surface area (Å²) < 4.78 is 6.91. The smallest absolute Gasteiger partial charge is 0.404 e. The molecule has 0 aromatic carbocycles. The molecule has 0 spiro atoms. The van der Waals surface area contributed by atoms with Crippen LogP contribution in [0.15, 0.2) is 18.6 Å². The second-order valence-electron chi connectivity index (χ2n) is 5.63. The molecule has 1 amide bonds. The first kappa shape index (κ1) is 14.6. The molecule has 2 rings (SSSR count). The Labute approximate surface area is 121 Å². The molecule has 1 atom stereocenters. The van der Waals surface area contributed by atoms with Crippen molar-refractivity contribution in [3.05, 3.63) is 23.7 Å². The van der Waals surface area contributed by atoms with E-state index in [9.17, 15) is 4.79 Å². The number of primary amides is 1. The second-order valence-corrected chi connectivity index (χ2v) is 5.99. The highest BCUT2D eigenvalue weighted by Crippen LogP contribution is 2.35. The average molecular weight is 297 g/mol. The minimum absolute atomic E-state index is 0.129. The number of amides is 1. The van der Waals surface area contributed by atoms with Crippen molar-refractivity contribution in [2.75, 3.05) is 6.61 Å². The van der Waals surface area contributed by atoms with Crippen molar-refractivity contribution in [3.8, 4) is 0 Å². The lowest BCUT2D eigenvalue weighted by Gasteiger charge is -2.32. The Morgan fingerprint density at radius 2 is 2.20 bits per heavy atom. The fourth-order valence-corrected chi connectivity index (χ4v) is 2.36. The number of carbonyl (C=O) groups is 1. The first-order chi connectivity index (χ1) is 9.30. The van der Waals surface area contributed by atoms with Crippen LogP contribution in [0, 0.1) is 5.41 Å². The zero-order chi connectivity index (χ0) is 14.9. The van der Waals surface area contributed by atoms with E-state index in [4.69, 9.17) is 22.1 Å². The van der Waals surface area contributed by atoms with E-state index in [1.165, 1.54) is 6.33 Å². The highest BCUT2D eigenvalue weighted by atomic mass is 35.5. The highest BCUT2D eigenvalue weighted by Gasteiger charge is 2.29. The van der Waals surface area contributed by atoms with Gasteiger partial charge in [-0.1, -0.05) is 32.4 Å². The van der Waals surface area contributed by atoms with Crippen LogP contribution >= 0.6 is 11.6 Å². The molecule has 1 unspecified atom stereocenters. The summed E-state index contributed by atoms with van der Waals surface area (Å²) in [5.41, 5.74) is 6.37. The molecule has 2 aromatic heterocycles. The second kappa shape index (κ2) is 5.28. The number of halogens is 1. The molecule has 0 aliphatic rings. The van der Waals surface area contributed by atoms with Gasteiger partial charge in [-0.2, -0.15) is 0 Å². The number of ether oxygens (including phenoxy) is 1. The van der Waals surface area contributed by atoms with Gasteiger partial charge in [0.2, 0.25) is 0 Å². The maximum absolute atomic E-state index is 10.9. The lowest BCUT2D eigenvalue weighted by atomic mass is 9.87. The summed E-state index contributed by atoms with van der Waals surface area (Å²) in [7, 11) is 0. The van der Waals surface area contributed by atoms with Crippen molar-refractivity contribution in [2.45, 2.75) is 26.8 Å². The maximum atomic E-state index is 10.9. The van der Waals surface area contributed by atoms with Crippen molar-refractivity contribution in [1.29, 1.82) is 0 Å². The summed E-state index contributed by atoms with van der Waals surface area (Å²) in [6.07, 6.45) is 2.49. The number of nitrogens with zero attached hydrogens (tertiary/aromatic N) is 3. The lowest BCUT2D eigenvalue weighted by molar-refractivity contribution is 0.102. The van der Waals surface area contributed by atoms with Crippen LogP contribution < -0.4 is 5.73 Å². The Bertz CT molecular complexity index is 633. The van der Waals surface area contributed by atoms with Gasteiger partial charge in [-0.3, -0.25) is 0 Å². The standard InChI is InChI=1S/C13H17ClN4O2/c1-13(2,3)9(6-20-12(15)19)18-5-4-8-10(18)11(14)17-7-16-8/h4-5,7,9H,6H2,1-3H3,(H2,15,19). The van der Waals surface area contributed by atoms with Crippen molar-refractivity contribution >= 4 is 28.7 Å². The molecule has 6 nitrogen and oxygen atoms in total. The fraction of sp³-hybridized carbons (Fsp3) is 0.462. The van der Waals surface area contributed by atoms with E-state index < -0.39 is 6.09 Å². The van der Waals surface area contributed by atoms with Gasteiger partial charge in [0.15, 0.2) is 5.15 Å². The van der Waals surface area contributed by atoms with E-state index in [1.54, 1.807) is 0 Å². The minimum Gasteiger partial charge on any atom is -0.447 e. The normalized spacial score (nSPS) is 13.4. The fourth-order valence-electron chi connectivity index (χ4n) is 2.12. The number of hydrogen-bond acceptors (Lipinski definition) is 4. The van der Waals surface area contributed by atoms with Crippen LogP contribution in [0.25, 0.3) is 11.0 Å². The van der Waals surface area contributed by atoms with E-state index in [0.717, 1.165) is 11.0 Å². The molecule has 0 aliphatic carbocycles. The van der Waals surface area contributed by atoms with E-state index in [-0.39, 0.29) is 18.1 Å². The van der Waals surface area contributed by atoms with Crippen molar-refractivity contribution < 1.29 is 9.53 Å². The number of rotatable bonds is 3. The first-order valence-electron chi connectivity index (χ1n) is 6.20. The molecule has 2 N–H and O–H groups in total. The third-order valence-corrected chi connectivity index (χ3v) is 3.45. The molecule has 0 radical (unpaired) electrons. The van der Waals surface area contributed by atoms with E-state index >= 15 is 0 Å². The molecular formula is C13H17ClN4O2. The van der Waals surface area contributed by atoms with Crippen LogP contribution in [-0.2, 0) is 4.74 Å². The van der Waals surface area contributed by atoms with Crippen molar-refractivity contribution in [1.82, 2.24) is 14.5 Å². The quantitative estimate of drug-likeness (QED) is 0.883. The van der Waals surface area contributed by atoms with Gasteiger partial charge in [0, 0.05) is 6.20 Å². The maximum Gasteiger partial charge on any atom is 0.404 e. The van der Waals surface area contributed by atoms with E-state index in [1.807, 2.05) is 37.6 Å². The first-order valence-corrected chi connectivity index (χ1v) is 6.58. The third-order valence-electron chi connectivity index (χ3n) is 3.18. The summed E-state index contributed by atoms with van der Waals surface area (Å²) in [4.78, 5) is 19.0. The molecular weight excluding hydrogens is 280 g/mol. The Hall–Kier alpha value is -1.82. The van der Waals surface area contributed by atoms with Gasteiger partial charge in [0.1, 0.15) is 18.5 Å². The van der Waals surface area contributed by atoms with Crippen LogP contribution in [-0.4, -0.2) is 27.2 Å². The van der Waals surface area contributed by atoms with E-state index in [2.05, 4.69) is 9.97 Å². The van der Waals surface area contributed by atoms with Gasteiger partial charge in [-0.05, 0) is 11.5 Å². The molecule has 2 aromatic rings. The van der Waals surface area contributed by atoms with Gasteiger partial charge < -0.3 is 15.0 Å². The Morgan fingerprint density at radius 3 is 2.80 bits per heavy atom. The van der Waals surface area contributed by atoms with Crippen LogP contribution in [0.2, 0.25) is 5.15 Å². The van der Waals surface area contributed by atoms with Crippen molar-refractivity contribution in [3.63, 3.8) is 0 Å². The molecule has 20 heavy (non-hydrogen) atoms. The third kappa shape index (κ3) is 2.85. The molecule has 0 fully saturated rings. The summed E-state index contributed by atoms with van der Waals surface area (Å²) in [6, 6.07) is 1.72. The predicted octanol–water partition coefficient (Wildman–Crippen LogP) is 2.77. The SMILES string of the molecule is CC(C)(C)C(COC(N)=O)n1ccc2ncnc(Cl)c21. The van der Waals surface area contributed by atoms with Gasteiger partial charge in [-0.25, -0.2) is 14.8 Å². The predicted molar refractivity (Wildman–Crippen MR) is 76.6 cm³/mol. The molecule has 0 saturated heterocycles. The van der Waals surface area contributed by atoms with Gasteiger partial charge in [0.05, 0.1) is 11.6 Å².